The van der Waals surface area contributed by atoms with E-state index in [1.807, 2.05) is 30.3 Å². The maximum absolute atomic E-state index is 11.7. The number of carbonyl (C=O) groups excluding carboxylic acids is 1. The third kappa shape index (κ3) is 5.81. The number of ether oxygens (including phenoxy) is 1. The molecule has 0 aliphatic carbocycles. The molecule has 148 valence electrons. The first-order valence-electron chi connectivity index (χ1n) is 8.54. The van der Waals surface area contributed by atoms with E-state index >= 15 is 0 Å². The number of aliphatic imine (C=N–C) groups is 1. The second-order valence-electron chi connectivity index (χ2n) is 5.58. The highest BCUT2D eigenvalue weighted by Crippen LogP contribution is 2.30. The lowest BCUT2D eigenvalue weighted by Gasteiger charge is -2.12. The summed E-state index contributed by atoms with van der Waals surface area (Å²) in [6, 6.07) is 12.8. The quantitative estimate of drug-likeness (QED) is 0.399. The zero-order chi connectivity index (χ0) is 20.5. The van der Waals surface area contributed by atoms with Gasteiger partial charge in [-0.2, -0.15) is 0 Å². The minimum atomic E-state index is -0.531. The van der Waals surface area contributed by atoms with Crippen LogP contribution in [0.3, 0.4) is 0 Å². The summed E-state index contributed by atoms with van der Waals surface area (Å²) in [7, 11) is 0. The van der Waals surface area contributed by atoms with Gasteiger partial charge in [-0.15, -0.1) is 0 Å². The second-order valence-corrected chi connectivity index (χ2v) is 6.42. The predicted molar refractivity (Wildman–Crippen MR) is 113 cm³/mol. The highest BCUT2D eigenvalue weighted by Gasteiger charge is 2.19. The van der Waals surface area contributed by atoms with Crippen LogP contribution in [0.15, 0.2) is 59.2 Å². The summed E-state index contributed by atoms with van der Waals surface area (Å²) in [5.74, 6) is -0.531. The number of halogens is 2. The van der Waals surface area contributed by atoms with E-state index in [4.69, 9.17) is 38.8 Å². The molecule has 0 unspecified atom stereocenters. The Bertz CT molecular complexity index is 898. The Morgan fingerprint density at radius 1 is 1.29 bits per heavy atom. The number of esters is 1. The predicted octanol–water partition coefficient (Wildman–Crippen LogP) is 3.60. The number of hydrogen-bond acceptors (Lipinski definition) is 6. The van der Waals surface area contributed by atoms with Crippen LogP contribution in [-0.4, -0.2) is 36.7 Å². The molecule has 6 nitrogen and oxygen atoms in total. The molecule has 0 aromatic heterocycles. The molecule has 0 saturated carbocycles. The van der Waals surface area contributed by atoms with E-state index in [0.717, 1.165) is 16.8 Å². The molecular formula is C20H21Cl2N3O3. The number of fused-ring (bicyclic) bond motifs is 1. The van der Waals surface area contributed by atoms with Gasteiger partial charge in [0, 0.05) is 45.2 Å². The van der Waals surface area contributed by atoms with Gasteiger partial charge < -0.3 is 15.2 Å². The van der Waals surface area contributed by atoms with Crippen LogP contribution in [0, 0.1) is 0 Å². The smallest absolute Gasteiger partial charge is 0.333 e. The number of benzodiazepines with no additional fused rings is 1. The Labute approximate surface area is 173 Å². The molecule has 0 amide bonds. The molecule has 0 spiro atoms. The van der Waals surface area contributed by atoms with Crippen molar-refractivity contribution in [3.8, 4) is 0 Å². The van der Waals surface area contributed by atoms with Gasteiger partial charge in [-0.3, -0.25) is 10.7 Å². The molecule has 1 heterocycles. The van der Waals surface area contributed by atoms with Crippen LogP contribution < -0.4 is 11.1 Å². The highest BCUT2D eigenvalue weighted by molar-refractivity contribution is 6.36. The zero-order valence-corrected chi connectivity index (χ0v) is 16.8. The van der Waals surface area contributed by atoms with Crippen LogP contribution in [-0.2, 0) is 9.53 Å². The molecule has 8 heteroatoms. The molecule has 4 N–H and O–H groups in total. The van der Waals surface area contributed by atoms with Crippen molar-refractivity contribution in [1.29, 1.82) is 0 Å². The van der Waals surface area contributed by atoms with Crippen LogP contribution >= 0.6 is 23.2 Å². The van der Waals surface area contributed by atoms with Gasteiger partial charge in [0.2, 0.25) is 0 Å². The first-order chi connectivity index (χ1) is 13.5. The SMILES string of the molecule is CCO.NCOC(=O)/C=C1/CN=C(c2ccccc2Cl)c2cc(Cl)ccc2N1. The van der Waals surface area contributed by atoms with Crippen LogP contribution in [0.4, 0.5) is 5.69 Å². The molecule has 0 radical (unpaired) electrons. The van der Waals surface area contributed by atoms with Crippen LogP contribution in [0.1, 0.15) is 18.1 Å². The Hall–Kier alpha value is -2.38. The number of nitrogens with zero attached hydrogens (tertiary/aromatic N) is 1. The van der Waals surface area contributed by atoms with Crippen molar-refractivity contribution >= 4 is 40.6 Å². The fraction of sp³-hybridized carbons (Fsp3) is 0.200. The summed E-state index contributed by atoms with van der Waals surface area (Å²) in [5.41, 5.74) is 8.88. The lowest BCUT2D eigenvalue weighted by atomic mass is 10.0. The summed E-state index contributed by atoms with van der Waals surface area (Å²) >= 11 is 12.5. The van der Waals surface area contributed by atoms with E-state index in [9.17, 15) is 4.79 Å². The number of aliphatic hydroxyl groups excluding tert-OH is 1. The normalized spacial score (nSPS) is 14.0. The summed E-state index contributed by atoms with van der Waals surface area (Å²) in [6.45, 7) is 2.01. The summed E-state index contributed by atoms with van der Waals surface area (Å²) in [6.07, 6.45) is 1.34. The number of nitrogens with one attached hydrogen (secondary N) is 1. The third-order valence-corrected chi connectivity index (χ3v) is 4.15. The Balaban J connectivity index is 0.000000878. The van der Waals surface area contributed by atoms with Gasteiger partial charge >= 0.3 is 5.97 Å². The largest absolute Gasteiger partial charge is 0.447 e. The van der Waals surface area contributed by atoms with E-state index < -0.39 is 5.97 Å². The average molecular weight is 422 g/mol. The lowest BCUT2D eigenvalue weighted by molar-refractivity contribution is -0.137. The van der Waals surface area contributed by atoms with E-state index in [1.54, 1.807) is 19.1 Å². The Kier molecular flexibility index (Phi) is 8.47. The number of benzene rings is 2. The molecule has 1 aliphatic heterocycles. The molecule has 2 aromatic rings. The van der Waals surface area contributed by atoms with E-state index in [-0.39, 0.29) is 19.9 Å². The Morgan fingerprint density at radius 3 is 2.68 bits per heavy atom. The molecule has 2 aromatic carbocycles. The van der Waals surface area contributed by atoms with Crippen LogP contribution in [0.25, 0.3) is 0 Å². The first kappa shape index (κ1) is 21.9. The average Bonchev–Trinajstić information content (AvgIpc) is 2.82. The molecule has 0 saturated heterocycles. The van der Waals surface area contributed by atoms with Crippen LogP contribution in [0.2, 0.25) is 10.0 Å². The number of carbonyl (C=O) groups is 1. The van der Waals surface area contributed by atoms with Gasteiger partial charge in [0.1, 0.15) is 6.73 Å². The minimum absolute atomic E-state index is 0.178. The number of rotatable bonds is 3. The van der Waals surface area contributed by atoms with E-state index in [1.165, 1.54) is 6.08 Å². The zero-order valence-electron chi connectivity index (χ0n) is 15.3. The molecule has 1 aliphatic rings. The van der Waals surface area contributed by atoms with Gasteiger partial charge in [-0.05, 0) is 31.2 Å². The molecule has 0 bridgehead atoms. The topological polar surface area (TPSA) is 96.9 Å². The number of anilines is 1. The van der Waals surface area contributed by atoms with E-state index in [2.05, 4.69) is 10.3 Å². The molecule has 3 rings (SSSR count). The van der Waals surface area contributed by atoms with Crippen molar-refractivity contribution in [2.45, 2.75) is 6.92 Å². The first-order valence-corrected chi connectivity index (χ1v) is 9.30. The minimum Gasteiger partial charge on any atom is -0.447 e. The molecule has 28 heavy (non-hydrogen) atoms. The van der Waals surface area contributed by atoms with Gasteiger partial charge in [0.25, 0.3) is 0 Å². The highest BCUT2D eigenvalue weighted by atomic mass is 35.5. The summed E-state index contributed by atoms with van der Waals surface area (Å²) < 4.78 is 4.75. The fourth-order valence-electron chi connectivity index (χ4n) is 2.51. The van der Waals surface area contributed by atoms with Crippen LogP contribution in [0.5, 0.6) is 0 Å². The lowest BCUT2D eigenvalue weighted by Crippen LogP contribution is -2.12. The van der Waals surface area contributed by atoms with Gasteiger partial charge in [-0.25, -0.2) is 4.79 Å². The summed E-state index contributed by atoms with van der Waals surface area (Å²) in [5, 5.41) is 11.9. The van der Waals surface area contributed by atoms with Gasteiger partial charge in [-0.1, -0.05) is 41.4 Å². The van der Waals surface area contributed by atoms with Gasteiger partial charge in [0.15, 0.2) is 0 Å². The summed E-state index contributed by atoms with van der Waals surface area (Å²) in [4.78, 5) is 16.3. The molecule has 0 atom stereocenters. The number of nitrogens with two attached hydrogens (primary N) is 1. The van der Waals surface area contributed by atoms with Crippen molar-refractivity contribution in [2.75, 3.05) is 25.2 Å². The maximum Gasteiger partial charge on any atom is 0.333 e. The second kappa shape index (κ2) is 10.8. The van der Waals surface area contributed by atoms with Crippen molar-refractivity contribution < 1.29 is 14.6 Å². The monoisotopic (exact) mass is 421 g/mol. The standard InChI is InChI=1S/C18H15Cl2N3O2.C2H6O/c19-11-5-6-16-14(7-11)18(13-3-1-2-4-15(13)20)22-9-12(23-16)8-17(24)25-10-21;1-2-3/h1-8,23H,9-10,21H2;3H,2H2,1H3/b12-8-;. The van der Waals surface area contributed by atoms with Crippen molar-refractivity contribution in [2.24, 2.45) is 10.7 Å². The Morgan fingerprint density at radius 2 is 2.00 bits per heavy atom. The van der Waals surface area contributed by atoms with Gasteiger partial charge in [0.05, 0.1) is 12.3 Å². The fourth-order valence-corrected chi connectivity index (χ4v) is 2.91. The third-order valence-electron chi connectivity index (χ3n) is 3.59. The maximum atomic E-state index is 11.7. The van der Waals surface area contributed by atoms with Crippen molar-refractivity contribution in [3.05, 3.63) is 75.4 Å². The molecule has 0 fully saturated rings. The van der Waals surface area contributed by atoms with E-state index in [0.29, 0.717) is 21.5 Å². The number of aliphatic hydroxyl groups is 1. The van der Waals surface area contributed by atoms with Crippen molar-refractivity contribution in [1.82, 2.24) is 0 Å². The molecular weight excluding hydrogens is 401 g/mol. The van der Waals surface area contributed by atoms with Crippen molar-refractivity contribution in [3.63, 3.8) is 0 Å². The number of hydrogen-bond donors (Lipinski definition) is 3.